The fraction of sp³-hybridized carbons (Fsp3) is 0.304. The maximum absolute atomic E-state index is 13.5. The van der Waals surface area contributed by atoms with Crippen LogP contribution in [0.25, 0.3) is 10.9 Å². The number of aromatic nitrogens is 1. The van der Waals surface area contributed by atoms with Crippen LogP contribution in [0.3, 0.4) is 0 Å². The molecule has 2 aromatic carbocycles. The first-order chi connectivity index (χ1) is 14.2. The minimum absolute atomic E-state index is 0.0495. The van der Waals surface area contributed by atoms with E-state index in [-0.39, 0.29) is 29.4 Å². The number of Topliss-reactive ketones (excluding diaryl/α,β-unsaturated/α-hetero) is 1. The molecule has 1 aliphatic carbocycles. The van der Waals surface area contributed by atoms with Gasteiger partial charge >= 0.3 is 12.1 Å². The van der Waals surface area contributed by atoms with E-state index < -0.39 is 17.7 Å². The van der Waals surface area contributed by atoms with Gasteiger partial charge in [-0.05, 0) is 36.1 Å². The number of methoxy groups -OCH3 is 1. The molecular formula is C23H20F3NO3. The van der Waals surface area contributed by atoms with Gasteiger partial charge in [0.2, 0.25) is 0 Å². The average molecular weight is 415 g/mol. The van der Waals surface area contributed by atoms with Crippen LogP contribution in [-0.2, 0) is 23.9 Å². The van der Waals surface area contributed by atoms with E-state index in [0.29, 0.717) is 35.0 Å². The van der Waals surface area contributed by atoms with Gasteiger partial charge in [-0.1, -0.05) is 31.2 Å². The van der Waals surface area contributed by atoms with Gasteiger partial charge in [-0.3, -0.25) is 4.79 Å². The molecule has 1 heterocycles. The highest BCUT2D eigenvalue weighted by atomic mass is 19.4. The summed E-state index contributed by atoms with van der Waals surface area (Å²) in [6.07, 6.45) is -3.61. The van der Waals surface area contributed by atoms with E-state index in [9.17, 15) is 22.8 Å². The molecule has 0 saturated carbocycles. The van der Waals surface area contributed by atoms with E-state index in [1.807, 2.05) is 6.92 Å². The van der Waals surface area contributed by atoms with Gasteiger partial charge in [0.1, 0.15) is 0 Å². The van der Waals surface area contributed by atoms with Crippen LogP contribution in [0.1, 0.15) is 50.9 Å². The van der Waals surface area contributed by atoms with Crippen LogP contribution < -0.4 is 0 Å². The van der Waals surface area contributed by atoms with Crippen molar-refractivity contribution in [2.45, 2.75) is 32.5 Å². The molecule has 1 aliphatic rings. The molecule has 0 aliphatic heterocycles. The fourth-order valence-electron chi connectivity index (χ4n) is 4.35. The molecule has 7 heteroatoms. The summed E-state index contributed by atoms with van der Waals surface area (Å²) in [4.78, 5) is 25.3. The Labute approximate surface area is 171 Å². The number of carbonyl (C=O) groups is 2. The number of ketones is 1. The van der Waals surface area contributed by atoms with Crippen LogP contribution >= 0.6 is 0 Å². The zero-order chi connectivity index (χ0) is 21.6. The minimum Gasteiger partial charge on any atom is -0.465 e. The predicted molar refractivity (Wildman–Crippen MR) is 106 cm³/mol. The van der Waals surface area contributed by atoms with Crippen LogP contribution in [0.2, 0.25) is 0 Å². The zero-order valence-electron chi connectivity index (χ0n) is 16.5. The molecule has 0 saturated heterocycles. The molecule has 0 fully saturated rings. The van der Waals surface area contributed by atoms with E-state index in [1.165, 1.54) is 19.2 Å². The Morgan fingerprint density at radius 1 is 1.13 bits per heavy atom. The van der Waals surface area contributed by atoms with Gasteiger partial charge in [0.15, 0.2) is 5.78 Å². The lowest BCUT2D eigenvalue weighted by molar-refractivity contribution is -0.138. The highest BCUT2D eigenvalue weighted by molar-refractivity contribution is 6.16. The maximum Gasteiger partial charge on any atom is 0.416 e. The average Bonchev–Trinajstić information content (AvgIpc) is 3.01. The number of fused-ring (bicyclic) bond motifs is 3. The summed E-state index contributed by atoms with van der Waals surface area (Å²) in [6, 6.07) is 10.4. The molecule has 0 bridgehead atoms. The summed E-state index contributed by atoms with van der Waals surface area (Å²) < 4.78 is 47.3. The SMILES string of the molecule is COC(=O)c1cccc2c1c1c(n2Cc2ccccc2C(F)(F)F)CC(C)CC1=O. The largest absolute Gasteiger partial charge is 0.465 e. The fourth-order valence-corrected chi connectivity index (χ4v) is 4.35. The Bertz CT molecular complexity index is 1160. The molecule has 0 amide bonds. The first-order valence-electron chi connectivity index (χ1n) is 9.63. The molecule has 0 spiro atoms. The number of benzene rings is 2. The second kappa shape index (κ2) is 7.31. The number of alkyl halides is 3. The molecule has 156 valence electrons. The third-order valence-corrected chi connectivity index (χ3v) is 5.61. The first-order valence-corrected chi connectivity index (χ1v) is 9.63. The summed E-state index contributed by atoms with van der Waals surface area (Å²) in [5.74, 6) is -0.622. The Kier molecular flexibility index (Phi) is 4.92. The van der Waals surface area contributed by atoms with Crippen molar-refractivity contribution in [2.24, 2.45) is 5.92 Å². The highest BCUT2D eigenvalue weighted by Crippen LogP contribution is 2.38. The van der Waals surface area contributed by atoms with Gasteiger partial charge < -0.3 is 9.30 Å². The standard InChI is InChI=1S/C23H20F3NO3/c1-13-10-18-21(19(28)11-13)20-15(22(29)30-2)7-5-9-17(20)27(18)12-14-6-3-4-8-16(14)23(24,25)26/h3-9,13H,10-12H2,1-2H3. The predicted octanol–water partition coefficient (Wildman–Crippen LogP) is 5.26. The lowest BCUT2D eigenvalue weighted by Crippen LogP contribution is -2.21. The Morgan fingerprint density at radius 2 is 1.87 bits per heavy atom. The molecule has 1 atom stereocenters. The highest BCUT2D eigenvalue weighted by Gasteiger charge is 2.35. The van der Waals surface area contributed by atoms with Crippen molar-refractivity contribution in [3.05, 3.63) is 70.4 Å². The van der Waals surface area contributed by atoms with Crippen LogP contribution in [0.4, 0.5) is 13.2 Å². The molecule has 1 unspecified atom stereocenters. The molecule has 4 rings (SSSR count). The van der Waals surface area contributed by atoms with Gasteiger partial charge in [-0.15, -0.1) is 0 Å². The van der Waals surface area contributed by atoms with E-state index in [1.54, 1.807) is 28.8 Å². The normalized spacial score (nSPS) is 16.6. The number of carbonyl (C=O) groups excluding carboxylic acids is 2. The van der Waals surface area contributed by atoms with Crippen molar-refractivity contribution in [2.75, 3.05) is 7.11 Å². The van der Waals surface area contributed by atoms with E-state index in [0.717, 1.165) is 6.07 Å². The molecule has 1 aromatic heterocycles. The number of hydrogen-bond acceptors (Lipinski definition) is 3. The smallest absolute Gasteiger partial charge is 0.416 e. The van der Waals surface area contributed by atoms with Crippen molar-refractivity contribution in [1.82, 2.24) is 4.57 Å². The second-order valence-corrected chi connectivity index (χ2v) is 7.69. The second-order valence-electron chi connectivity index (χ2n) is 7.69. The monoisotopic (exact) mass is 415 g/mol. The Hall–Kier alpha value is -3.09. The summed E-state index contributed by atoms with van der Waals surface area (Å²) in [5.41, 5.74) is 1.30. The summed E-state index contributed by atoms with van der Waals surface area (Å²) >= 11 is 0. The van der Waals surface area contributed by atoms with Crippen LogP contribution in [0, 0.1) is 5.92 Å². The quantitative estimate of drug-likeness (QED) is 0.549. The van der Waals surface area contributed by atoms with Crippen molar-refractivity contribution in [3.63, 3.8) is 0 Å². The zero-order valence-corrected chi connectivity index (χ0v) is 16.5. The molecule has 3 aromatic rings. The number of rotatable bonds is 3. The van der Waals surface area contributed by atoms with Crippen LogP contribution in [0.15, 0.2) is 42.5 Å². The first kappa shape index (κ1) is 20.2. The minimum atomic E-state index is -4.49. The molecule has 0 radical (unpaired) electrons. The molecule has 4 nitrogen and oxygen atoms in total. The van der Waals surface area contributed by atoms with Crippen LogP contribution in [0.5, 0.6) is 0 Å². The summed E-state index contributed by atoms with van der Waals surface area (Å²) in [5, 5.41) is 0.459. The van der Waals surface area contributed by atoms with Crippen molar-refractivity contribution in [3.8, 4) is 0 Å². The summed E-state index contributed by atoms with van der Waals surface area (Å²) in [7, 11) is 1.26. The van der Waals surface area contributed by atoms with E-state index in [4.69, 9.17) is 4.74 Å². The molecule has 0 N–H and O–H groups in total. The molecule has 30 heavy (non-hydrogen) atoms. The lowest BCUT2D eigenvalue weighted by atomic mass is 9.86. The van der Waals surface area contributed by atoms with Crippen LogP contribution in [-0.4, -0.2) is 23.4 Å². The number of nitrogens with zero attached hydrogens (tertiary/aromatic N) is 1. The third kappa shape index (κ3) is 3.28. The maximum atomic E-state index is 13.5. The van der Waals surface area contributed by atoms with Gasteiger partial charge in [0.25, 0.3) is 0 Å². The van der Waals surface area contributed by atoms with Gasteiger partial charge in [0.05, 0.1) is 23.8 Å². The van der Waals surface area contributed by atoms with Gasteiger partial charge in [-0.2, -0.15) is 13.2 Å². The Morgan fingerprint density at radius 3 is 2.57 bits per heavy atom. The number of halogens is 3. The van der Waals surface area contributed by atoms with E-state index in [2.05, 4.69) is 0 Å². The third-order valence-electron chi connectivity index (χ3n) is 5.61. The Balaban J connectivity index is 1.99. The number of esters is 1. The lowest BCUT2D eigenvalue weighted by Gasteiger charge is -2.21. The van der Waals surface area contributed by atoms with E-state index >= 15 is 0 Å². The van der Waals surface area contributed by atoms with Gasteiger partial charge in [-0.25, -0.2) is 4.79 Å². The summed E-state index contributed by atoms with van der Waals surface area (Å²) in [6.45, 7) is 1.89. The van der Waals surface area contributed by atoms with Crippen molar-refractivity contribution in [1.29, 1.82) is 0 Å². The number of ether oxygens (including phenoxy) is 1. The van der Waals surface area contributed by atoms with Crippen molar-refractivity contribution >= 4 is 22.7 Å². The van der Waals surface area contributed by atoms with Crippen molar-refractivity contribution < 1.29 is 27.5 Å². The van der Waals surface area contributed by atoms with Gasteiger partial charge in [0, 0.05) is 29.6 Å². The topological polar surface area (TPSA) is 48.3 Å². The number of hydrogen-bond donors (Lipinski definition) is 0. The molecular weight excluding hydrogens is 395 g/mol.